The number of halogens is 3. The van der Waals surface area contributed by atoms with Crippen LogP contribution < -0.4 is 35.3 Å². The van der Waals surface area contributed by atoms with Crippen LogP contribution in [0.25, 0.3) is 0 Å². The Kier molecular flexibility index (Phi) is 76.6. The van der Waals surface area contributed by atoms with E-state index < -0.39 is 0 Å². The fourth-order valence-electron chi connectivity index (χ4n) is 0. The second kappa shape index (κ2) is 39.5. The van der Waals surface area contributed by atoms with Gasteiger partial charge in [0.15, 0.2) is 0 Å². The van der Waals surface area contributed by atoms with E-state index in [1.807, 2.05) is 0 Å². The van der Waals surface area contributed by atoms with Gasteiger partial charge in [-0.1, -0.05) is 0 Å². The Bertz CT molecular complexity index is 37.5. The van der Waals surface area contributed by atoms with E-state index >= 15 is 0 Å². The fourth-order valence-corrected chi connectivity index (χ4v) is 0. The van der Waals surface area contributed by atoms with Crippen molar-refractivity contribution in [1.29, 1.82) is 0 Å². The topological polar surface area (TPSA) is 104 Å². The van der Waals surface area contributed by atoms with E-state index in [9.17, 15) is 0 Å². The van der Waals surface area contributed by atoms with Crippen LogP contribution in [0.1, 0.15) is 0 Å². The Morgan fingerprint density at radius 3 is 0.833 bits per heavy atom. The summed E-state index contributed by atoms with van der Waals surface area (Å²) in [6.45, 7) is 2.39. The summed E-state index contributed by atoms with van der Waals surface area (Å²) in [5, 5.41) is 0. The fraction of sp³-hybridized carbons (Fsp3) is 1.00. The molecule has 0 aliphatic carbocycles. The zero-order valence-corrected chi connectivity index (χ0v) is 10.6. The molecule has 12 heavy (non-hydrogen) atoms. The molecule has 0 aromatic heterocycles. The zero-order valence-electron chi connectivity index (χ0n) is 6.63. The molecule has 0 bridgehead atoms. The molecule has 4 nitrogen and oxygen atoms in total. The molecule has 83 valence electrons. The van der Waals surface area contributed by atoms with E-state index in [4.69, 9.17) is 42.3 Å². The summed E-state index contributed by atoms with van der Waals surface area (Å²) in [6, 6.07) is 0. The number of nitrogens with two attached hydrogens (primary N) is 4. The second-order valence-corrected chi connectivity index (χ2v) is 3.84. The third kappa shape index (κ3) is 109. The van der Waals surface area contributed by atoms with Crippen LogP contribution in [-0.2, 0) is 15.1 Å². The SMILES string of the molecule is NCCN.NCCN.[Cl-].[Cl][Ru-][Cl]. The van der Waals surface area contributed by atoms with Gasteiger partial charge in [-0.05, 0) is 0 Å². The Morgan fingerprint density at radius 2 is 0.833 bits per heavy atom. The molecular weight excluding hydrogens is 312 g/mol. The van der Waals surface area contributed by atoms with Gasteiger partial charge in [-0.2, -0.15) is 0 Å². The Morgan fingerprint density at radius 1 is 0.750 bits per heavy atom. The van der Waals surface area contributed by atoms with E-state index in [0.29, 0.717) is 26.2 Å². The number of hydrogen-bond donors (Lipinski definition) is 4. The summed E-state index contributed by atoms with van der Waals surface area (Å²) in [6.07, 6.45) is 0. The normalized spacial score (nSPS) is 6.83. The summed E-state index contributed by atoms with van der Waals surface area (Å²) in [7, 11) is 9.71. The first-order valence-corrected chi connectivity index (χ1v) is 7.38. The minimum absolute atomic E-state index is 0. The van der Waals surface area contributed by atoms with Crippen LogP contribution >= 0.6 is 19.4 Å². The summed E-state index contributed by atoms with van der Waals surface area (Å²) in [5.74, 6) is 0. The van der Waals surface area contributed by atoms with Crippen molar-refractivity contribution in [3.8, 4) is 0 Å². The van der Waals surface area contributed by atoms with Crippen molar-refractivity contribution in [2.45, 2.75) is 0 Å². The monoisotopic (exact) mass is 327 g/mol. The molecule has 0 saturated heterocycles. The first-order chi connectivity index (χ1) is 5.24. The molecule has 0 amide bonds. The molecule has 0 unspecified atom stereocenters. The summed E-state index contributed by atoms with van der Waals surface area (Å²) in [5.41, 5.74) is 19.6. The molecule has 0 fully saturated rings. The maximum atomic E-state index is 4.90. The zero-order chi connectivity index (χ0) is 9.54. The molecule has 0 radical (unpaired) electrons. The van der Waals surface area contributed by atoms with Crippen molar-refractivity contribution in [2.24, 2.45) is 22.9 Å². The van der Waals surface area contributed by atoms with Gasteiger partial charge in [0, 0.05) is 26.2 Å². The maximum absolute atomic E-state index is 4.90. The average molecular weight is 328 g/mol. The molecular formula is C4H16Cl3N4Ru-2. The molecule has 0 aliphatic rings. The Balaban J connectivity index is -0.0000000389. The molecule has 8 heteroatoms. The molecule has 0 atom stereocenters. The van der Waals surface area contributed by atoms with Crippen LogP contribution in [-0.4, -0.2) is 26.2 Å². The van der Waals surface area contributed by atoms with Crippen molar-refractivity contribution in [3.63, 3.8) is 0 Å². The molecule has 0 rings (SSSR count). The van der Waals surface area contributed by atoms with Crippen molar-refractivity contribution < 1.29 is 27.6 Å². The van der Waals surface area contributed by atoms with Crippen LogP contribution in [0.5, 0.6) is 0 Å². The molecule has 0 heterocycles. The second-order valence-electron chi connectivity index (χ2n) is 1.21. The van der Waals surface area contributed by atoms with Gasteiger partial charge in [-0.3, -0.25) is 0 Å². The van der Waals surface area contributed by atoms with E-state index in [1.165, 1.54) is 0 Å². The molecule has 0 saturated carbocycles. The molecule has 0 aromatic carbocycles. The van der Waals surface area contributed by atoms with Crippen LogP contribution in [0, 0.1) is 0 Å². The first kappa shape index (κ1) is 23.3. The quantitative estimate of drug-likeness (QED) is 0.390. The molecule has 8 N–H and O–H groups in total. The van der Waals surface area contributed by atoms with Crippen LogP contribution in [0.4, 0.5) is 0 Å². The summed E-state index contributed by atoms with van der Waals surface area (Å²) in [4.78, 5) is 0. The van der Waals surface area contributed by atoms with Gasteiger partial charge in [0.05, 0.1) is 0 Å². The summed E-state index contributed by atoms with van der Waals surface area (Å²) < 4.78 is 0. The van der Waals surface area contributed by atoms with Gasteiger partial charge in [0.1, 0.15) is 0 Å². The van der Waals surface area contributed by atoms with E-state index in [0.717, 1.165) is 0 Å². The van der Waals surface area contributed by atoms with Crippen LogP contribution in [0.15, 0.2) is 0 Å². The van der Waals surface area contributed by atoms with Crippen molar-refractivity contribution in [1.82, 2.24) is 0 Å². The molecule has 0 aliphatic heterocycles. The van der Waals surface area contributed by atoms with E-state index in [-0.39, 0.29) is 27.6 Å². The minimum atomic E-state index is -0.346. The predicted octanol–water partition coefficient (Wildman–Crippen LogP) is -3.81. The number of hydrogen-bond acceptors (Lipinski definition) is 4. The van der Waals surface area contributed by atoms with Crippen molar-refractivity contribution in [3.05, 3.63) is 0 Å². The number of rotatable bonds is 2. The summed E-state index contributed by atoms with van der Waals surface area (Å²) >= 11 is -0.346. The van der Waals surface area contributed by atoms with Gasteiger partial charge in [0.2, 0.25) is 0 Å². The third-order valence-corrected chi connectivity index (χ3v) is 0.333. The van der Waals surface area contributed by atoms with Gasteiger partial charge >= 0.3 is 34.5 Å². The molecule has 0 spiro atoms. The Labute approximate surface area is 95.8 Å². The van der Waals surface area contributed by atoms with E-state index in [2.05, 4.69) is 0 Å². The van der Waals surface area contributed by atoms with Gasteiger partial charge in [-0.15, -0.1) is 0 Å². The predicted molar refractivity (Wildman–Crippen MR) is 47.9 cm³/mol. The molecule has 0 aromatic rings. The van der Waals surface area contributed by atoms with Crippen LogP contribution in [0.3, 0.4) is 0 Å². The third-order valence-electron chi connectivity index (χ3n) is 0.333. The van der Waals surface area contributed by atoms with Gasteiger partial charge in [-0.25, -0.2) is 0 Å². The van der Waals surface area contributed by atoms with Crippen LogP contribution in [0.2, 0.25) is 0 Å². The Hall–Kier alpha value is 1.33. The van der Waals surface area contributed by atoms with E-state index in [1.54, 1.807) is 0 Å². The standard InChI is InChI=1S/2C2H8N2.3ClH.Ru/c2*3-1-2-4;;;;/h2*1-4H2;3*1H;/q;;;;;+1/p-3. The van der Waals surface area contributed by atoms with Crippen molar-refractivity contribution >= 4 is 19.4 Å². The van der Waals surface area contributed by atoms with Crippen molar-refractivity contribution in [2.75, 3.05) is 26.2 Å². The van der Waals surface area contributed by atoms with Gasteiger partial charge < -0.3 is 35.3 Å². The first-order valence-electron chi connectivity index (χ1n) is 2.90. The average Bonchev–Trinajstić information content (AvgIpc) is 2.06. The van der Waals surface area contributed by atoms with Gasteiger partial charge in [0.25, 0.3) is 0 Å².